The van der Waals surface area contributed by atoms with Gasteiger partial charge in [-0.2, -0.15) is 0 Å². The highest BCUT2D eigenvalue weighted by Gasteiger charge is 2.45. The summed E-state index contributed by atoms with van der Waals surface area (Å²) in [4.78, 5) is 0. The standard InChI is InChI=1S/C15H26O2/c1-14(2,17)12-6-8-15(3)7-4-5-11(10-16)13(15)9-12/h5,12-13,16-17H,4,6-10H2,1-3H3. The maximum atomic E-state index is 10.2. The second-order valence-corrected chi connectivity index (χ2v) is 6.81. The van der Waals surface area contributed by atoms with Crippen LogP contribution < -0.4 is 0 Å². The molecule has 0 aromatic carbocycles. The van der Waals surface area contributed by atoms with Crippen LogP contribution in [0.3, 0.4) is 0 Å². The van der Waals surface area contributed by atoms with E-state index in [0.29, 0.717) is 17.3 Å². The lowest BCUT2D eigenvalue weighted by molar-refractivity contribution is -0.0391. The van der Waals surface area contributed by atoms with Crippen LogP contribution in [-0.4, -0.2) is 22.4 Å². The molecule has 0 bridgehead atoms. The van der Waals surface area contributed by atoms with Gasteiger partial charge in [0.1, 0.15) is 0 Å². The zero-order valence-corrected chi connectivity index (χ0v) is 11.4. The average Bonchev–Trinajstić information content (AvgIpc) is 2.25. The Balaban J connectivity index is 2.20. The van der Waals surface area contributed by atoms with E-state index in [4.69, 9.17) is 0 Å². The van der Waals surface area contributed by atoms with Crippen molar-refractivity contribution in [2.24, 2.45) is 17.3 Å². The molecule has 0 aromatic heterocycles. The molecule has 2 nitrogen and oxygen atoms in total. The first-order valence-corrected chi connectivity index (χ1v) is 6.89. The Morgan fingerprint density at radius 1 is 1.41 bits per heavy atom. The van der Waals surface area contributed by atoms with Crippen LogP contribution in [0.15, 0.2) is 11.6 Å². The van der Waals surface area contributed by atoms with Crippen molar-refractivity contribution in [3.05, 3.63) is 11.6 Å². The molecule has 2 rings (SSSR count). The predicted molar refractivity (Wildman–Crippen MR) is 69.6 cm³/mol. The van der Waals surface area contributed by atoms with Gasteiger partial charge in [0.05, 0.1) is 12.2 Å². The Bertz CT molecular complexity index is 313. The van der Waals surface area contributed by atoms with E-state index in [1.54, 1.807) is 0 Å². The number of allylic oxidation sites excluding steroid dienone is 1. The minimum Gasteiger partial charge on any atom is -0.392 e. The minimum atomic E-state index is -0.584. The van der Waals surface area contributed by atoms with E-state index in [-0.39, 0.29) is 6.61 Å². The van der Waals surface area contributed by atoms with Crippen molar-refractivity contribution >= 4 is 0 Å². The van der Waals surface area contributed by atoms with E-state index >= 15 is 0 Å². The van der Waals surface area contributed by atoms with Crippen LogP contribution in [-0.2, 0) is 0 Å². The summed E-state index contributed by atoms with van der Waals surface area (Å²) in [6.07, 6.45) is 7.90. The molecule has 0 heterocycles. The highest BCUT2D eigenvalue weighted by atomic mass is 16.3. The largest absolute Gasteiger partial charge is 0.392 e. The van der Waals surface area contributed by atoms with Gasteiger partial charge in [-0.3, -0.25) is 0 Å². The number of fused-ring (bicyclic) bond motifs is 1. The zero-order chi connectivity index (χ0) is 12.7. The Morgan fingerprint density at radius 2 is 2.12 bits per heavy atom. The highest BCUT2D eigenvalue weighted by Crippen LogP contribution is 2.53. The Kier molecular flexibility index (Phi) is 3.39. The molecule has 1 saturated carbocycles. The topological polar surface area (TPSA) is 40.5 Å². The zero-order valence-electron chi connectivity index (χ0n) is 11.4. The average molecular weight is 238 g/mol. The third-order valence-corrected chi connectivity index (χ3v) is 5.18. The van der Waals surface area contributed by atoms with Gasteiger partial charge in [-0.15, -0.1) is 0 Å². The van der Waals surface area contributed by atoms with Gasteiger partial charge >= 0.3 is 0 Å². The molecule has 17 heavy (non-hydrogen) atoms. The molecular weight excluding hydrogens is 212 g/mol. The summed E-state index contributed by atoms with van der Waals surface area (Å²) in [6.45, 7) is 6.40. The van der Waals surface area contributed by atoms with E-state index in [1.165, 1.54) is 18.4 Å². The first-order chi connectivity index (χ1) is 7.87. The van der Waals surface area contributed by atoms with E-state index in [0.717, 1.165) is 19.3 Å². The Morgan fingerprint density at radius 3 is 2.71 bits per heavy atom. The lowest BCUT2D eigenvalue weighted by atomic mass is 9.56. The Hall–Kier alpha value is -0.340. The fourth-order valence-corrected chi connectivity index (χ4v) is 3.81. The van der Waals surface area contributed by atoms with Gasteiger partial charge in [-0.25, -0.2) is 0 Å². The van der Waals surface area contributed by atoms with E-state index in [1.807, 2.05) is 13.8 Å². The molecule has 0 aliphatic heterocycles. The summed E-state index contributed by atoms with van der Waals surface area (Å²) in [5.74, 6) is 0.847. The molecule has 2 N–H and O–H groups in total. The first-order valence-electron chi connectivity index (χ1n) is 6.89. The van der Waals surface area contributed by atoms with Crippen molar-refractivity contribution in [3.63, 3.8) is 0 Å². The van der Waals surface area contributed by atoms with Gasteiger partial charge in [-0.1, -0.05) is 13.0 Å². The van der Waals surface area contributed by atoms with E-state index in [9.17, 15) is 10.2 Å². The molecule has 2 aliphatic carbocycles. The van der Waals surface area contributed by atoms with Crippen molar-refractivity contribution in [3.8, 4) is 0 Å². The smallest absolute Gasteiger partial charge is 0.0644 e. The fraction of sp³-hybridized carbons (Fsp3) is 0.867. The van der Waals surface area contributed by atoms with Crippen molar-refractivity contribution in [1.82, 2.24) is 0 Å². The predicted octanol–water partition coefficient (Wildman–Crippen LogP) is 2.89. The fourth-order valence-electron chi connectivity index (χ4n) is 3.81. The lowest BCUT2D eigenvalue weighted by Crippen LogP contribution is -2.44. The van der Waals surface area contributed by atoms with Gasteiger partial charge in [0, 0.05) is 0 Å². The Labute approximate surface area is 105 Å². The maximum Gasteiger partial charge on any atom is 0.0644 e. The second-order valence-electron chi connectivity index (χ2n) is 6.81. The summed E-state index contributed by atoms with van der Waals surface area (Å²) < 4.78 is 0. The van der Waals surface area contributed by atoms with Crippen LogP contribution in [0.2, 0.25) is 0 Å². The van der Waals surface area contributed by atoms with Gasteiger partial charge < -0.3 is 10.2 Å². The maximum absolute atomic E-state index is 10.2. The normalized spacial score (nSPS) is 38.5. The molecule has 3 unspecified atom stereocenters. The van der Waals surface area contributed by atoms with Crippen molar-refractivity contribution < 1.29 is 10.2 Å². The summed E-state index contributed by atoms with van der Waals surface area (Å²) in [5, 5.41) is 19.7. The quantitative estimate of drug-likeness (QED) is 0.726. The van der Waals surface area contributed by atoms with E-state index in [2.05, 4.69) is 13.0 Å². The lowest BCUT2D eigenvalue weighted by Gasteiger charge is -2.50. The van der Waals surface area contributed by atoms with Gasteiger partial charge in [0.25, 0.3) is 0 Å². The van der Waals surface area contributed by atoms with Gasteiger partial charge in [0.15, 0.2) is 0 Å². The minimum absolute atomic E-state index is 0.193. The molecule has 0 amide bonds. The van der Waals surface area contributed by atoms with Crippen LogP contribution in [0.25, 0.3) is 0 Å². The molecule has 1 fully saturated rings. The number of aliphatic hydroxyl groups excluding tert-OH is 1. The third-order valence-electron chi connectivity index (χ3n) is 5.18. The van der Waals surface area contributed by atoms with Gasteiger partial charge in [-0.05, 0) is 68.8 Å². The summed E-state index contributed by atoms with van der Waals surface area (Å²) in [7, 11) is 0. The molecule has 98 valence electrons. The first kappa shape index (κ1) is 13.1. The molecule has 3 atom stereocenters. The third kappa shape index (κ3) is 2.43. The molecule has 0 radical (unpaired) electrons. The van der Waals surface area contributed by atoms with Crippen LogP contribution in [0, 0.1) is 17.3 Å². The molecule has 0 aromatic rings. The number of rotatable bonds is 2. The number of aliphatic hydroxyl groups is 2. The summed E-state index contributed by atoms with van der Waals surface area (Å²) >= 11 is 0. The monoisotopic (exact) mass is 238 g/mol. The van der Waals surface area contributed by atoms with Crippen molar-refractivity contribution in [1.29, 1.82) is 0 Å². The molecule has 2 heteroatoms. The van der Waals surface area contributed by atoms with Crippen molar-refractivity contribution in [2.75, 3.05) is 6.61 Å². The van der Waals surface area contributed by atoms with Crippen LogP contribution >= 0.6 is 0 Å². The highest BCUT2D eigenvalue weighted by molar-refractivity contribution is 5.17. The van der Waals surface area contributed by atoms with Gasteiger partial charge in [0.2, 0.25) is 0 Å². The van der Waals surface area contributed by atoms with Crippen LogP contribution in [0.1, 0.15) is 52.9 Å². The SMILES string of the molecule is CC(C)(O)C1CCC2(C)CCC=C(CO)C2C1. The number of hydrogen-bond acceptors (Lipinski definition) is 2. The molecular formula is C15H26O2. The van der Waals surface area contributed by atoms with Crippen LogP contribution in [0.4, 0.5) is 0 Å². The summed E-state index contributed by atoms with van der Waals surface area (Å²) in [6, 6.07) is 0. The molecule has 0 spiro atoms. The van der Waals surface area contributed by atoms with Crippen molar-refractivity contribution in [2.45, 2.75) is 58.5 Å². The second kappa shape index (κ2) is 4.40. The molecule has 0 saturated heterocycles. The molecule has 2 aliphatic rings. The summed E-state index contributed by atoms with van der Waals surface area (Å²) in [5.41, 5.74) is 0.987. The van der Waals surface area contributed by atoms with Crippen LogP contribution in [0.5, 0.6) is 0 Å². The van der Waals surface area contributed by atoms with E-state index < -0.39 is 5.60 Å². The number of hydrogen-bond donors (Lipinski definition) is 2.